The Morgan fingerprint density at radius 3 is 2.56 bits per heavy atom. The molecule has 5 nitrogen and oxygen atoms in total. The van der Waals surface area contributed by atoms with Crippen molar-refractivity contribution < 1.29 is 14.7 Å². The van der Waals surface area contributed by atoms with Gasteiger partial charge in [-0.3, -0.25) is 4.79 Å². The fourth-order valence-corrected chi connectivity index (χ4v) is 2.95. The lowest BCUT2D eigenvalue weighted by Crippen LogP contribution is -2.23. The second-order valence-corrected chi connectivity index (χ2v) is 6.11. The van der Waals surface area contributed by atoms with Gasteiger partial charge >= 0.3 is 0 Å². The molecule has 0 atom stereocenters. The van der Waals surface area contributed by atoms with Crippen molar-refractivity contribution in [3.8, 4) is 0 Å². The monoisotopic (exact) mass is 349 g/mol. The van der Waals surface area contributed by atoms with Crippen LogP contribution in [0.15, 0.2) is 76.6 Å². The first-order valence-electron chi connectivity index (χ1n) is 7.45. The number of carbonyl (C=O) groups excluding carboxylic acids is 2. The van der Waals surface area contributed by atoms with Gasteiger partial charge < -0.3 is 15.2 Å². The summed E-state index contributed by atoms with van der Waals surface area (Å²) in [4.78, 5) is 27.8. The minimum absolute atomic E-state index is 0.0220. The number of hydrogen-bond acceptors (Lipinski definition) is 5. The Morgan fingerprint density at radius 2 is 1.80 bits per heavy atom. The number of nitrogens with one attached hydrogen (secondary N) is 1. The Morgan fingerprint density at radius 1 is 1.08 bits per heavy atom. The van der Waals surface area contributed by atoms with E-state index in [4.69, 9.17) is 0 Å². The maximum Gasteiger partial charge on any atom is 0.264 e. The van der Waals surface area contributed by atoms with Crippen LogP contribution in [-0.4, -0.2) is 17.0 Å². The van der Waals surface area contributed by atoms with Crippen molar-refractivity contribution in [1.82, 2.24) is 5.32 Å². The van der Waals surface area contributed by atoms with Crippen molar-refractivity contribution in [2.45, 2.75) is 0 Å². The Bertz CT molecular complexity index is 902. The summed E-state index contributed by atoms with van der Waals surface area (Å²) in [7, 11) is 0. The number of aliphatic imine (C=N–C) groups is 1. The summed E-state index contributed by atoms with van der Waals surface area (Å²) in [6, 6.07) is 16.0. The Balaban J connectivity index is 1.78. The van der Waals surface area contributed by atoms with Crippen LogP contribution in [0, 0.1) is 0 Å². The lowest BCUT2D eigenvalue weighted by Gasteiger charge is -2.06. The average molecular weight is 349 g/mol. The standard InChI is InChI=1S/C19H14N2O3S/c22-17-16(12-6-9-13-7-2-1-3-8-13)25-19(21-17)20-15-11-5-4-10-14(15)18(23)24/h1-12H,(H,23,24)(H,20,21,22)/p-1/b9-6+,16-12-. The highest BCUT2D eigenvalue weighted by Gasteiger charge is 2.23. The van der Waals surface area contributed by atoms with Gasteiger partial charge in [0.1, 0.15) is 0 Å². The van der Waals surface area contributed by atoms with Crippen LogP contribution in [0.5, 0.6) is 0 Å². The minimum atomic E-state index is -1.31. The first-order chi connectivity index (χ1) is 12.1. The number of nitrogens with zero attached hydrogens (tertiary/aromatic N) is 1. The van der Waals surface area contributed by atoms with E-state index in [2.05, 4.69) is 10.3 Å². The molecule has 0 unspecified atom stereocenters. The van der Waals surface area contributed by atoms with E-state index < -0.39 is 5.97 Å². The largest absolute Gasteiger partial charge is 0.545 e. The summed E-state index contributed by atoms with van der Waals surface area (Å²) < 4.78 is 0. The van der Waals surface area contributed by atoms with Crippen LogP contribution in [0.1, 0.15) is 15.9 Å². The van der Waals surface area contributed by atoms with Crippen molar-refractivity contribution in [3.05, 3.63) is 82.8 Å². The quantitative estimate of drug-likeness (QED) is 0.860. The van der Waals surface area contributed by atoms with Gasteiger partial charge in [-0.2, -0.15) is 0 Å². The van der Waals surface area contributed by atoms with Crippen molar-refractivity contribution in [1.29, 1.82) is 0 Å². The molecule has 1 saturated heterocycles. The number of rotatable bonds is 4. The molecule has 6 heteroatoms. The topological polar surface area (TPSA) is 81.6 Å². The second kappa shape index (κ2) is 7.63. The number of aromatic carboxylic acids is 1. The number of benzene rings is 2. The Kier molecular flexibility index (Phi) is 5.11. The molecule has 1 aliphatic rings. The summed E-state index contributed by atoms with van der Waals surface area (Å²) in [5.74, 6) is -1.58. The van der Waals surface area contributed by atoms with Gasteiger partial charge in [0, 0.05) is 5.56 Å². The summed E-state index contributed by atoms with van der Waals surface area (Å²) in [5, 5.41) is 14.1. The van der Waals surface area contributed by atoms with E-state index >= 15 is 0 Å². The van der Waals surface area contributed by atoms with Crippen LogP contribution in [-0.2, 0) is 4.79 Å². The van der Waals surface area contributed by atoms with Gasteiger partial charge in [0.2, 0.25) is 0 Å². The summed E-state index contributed by atoms with van der Waals surface area (Å²) in [6.45, 7) is 0. The van der Waals surface area contributed by atoms with E-state index in [-0.39, 0.29) is 17.2 Å². The molecule has 1 heterocycles. The van der Waals surface area contributed by atoms with Gasteiger partial charge in [-0.25, -0.2) is 4.99 Å². The maximum absolute atomic E-state index is 12.0. The molecule has 0 bridgehead atoms. The van der Waals surface area contributed by atoms with Crippen LogP contribution in [0.25, 0.3) is 6.08 Å². The molecular formula is C19H13N2O3S-. The number of thioether (sulfide) groups is 1. The van der Waals surface area contributed by atoms with Gasteiger partial charge in [-0.15, -0.1) is 0 Å². The molecule has 2 aromatic carbocycles. The fraction of sp³-hybridized carbons (Fsp3) is 0. The molecule has 0 aromatic heterocycles. The molecular weight excluding hydrogens is 336 g/mol. The van der Waals surface area contributed by atoms with Crippen LogP contribution in [0.4, 0.5) is 5.69 Å². The third-order valence-corrected chi connectivity index (χ3v) is 4.26. The van der Waals surface area contributed by atoms with E-state index in [0.29, 0.717) is 10.1 Å². The lowest BCUT2D eigenvalue weighted by atomic mass is 10.2. The molecule has 1 aliphatic heterocycles. The fourth-order valence-electron chi connectivity index (χ4n) is 2.16. The van der Waals surface area contributed by atoms with Crippen molar-refractivity contribution in [3.63, 3.8) is 0 Å². The van der Waals surface area contributed by atoms with Crippen molar-refractivity contribution in [2.75, 3.05) is 0 Å². The predicted molar refractivity (Wildman–Crippen MR) is 97.2 cm³/mol. The van der Waals surface area contributed by atoms with Crippen LogP contribution in [0.2, 0.25) is 0 Å². The molecule has 1 fully saturated rings. The molecule has 1 amide bonds. The predicted octanol–water partition coefficient (Wildman–Crippen LogP) is 2.50. The highest BCUT2D eigenvalue weighted by Crippen LogP contribution is 2.27. The number of para-hydroxylation sites is 1. The van der Waals surface area contributed by atoms with Gasteiger partial charge in [0.15, 0.2) is 5.17 Å². The molecule has 0 aliphatic carbocycles. The van der Waals surface area contributed by atoms with Crippen molar-refractivity contribution >= 4 is 40.6 Å². The SMILES string of the molecule is O=C1NC(=Nc2ccccc2C(=O)[O-])S/C1=C\C=C\c1ccccc1. The zero-order valence-corrected chi connectivity index (χ0v) is 13.8. The van der Waals surface area contributed by atoms with Crippen LogP contribution in [0.3, 0.4) is 0 Å². The average Bonchev–Trinajstić information content (AvgIpc) is 2.95. The molecule has 0 saturated carbocycles. The molecule has 0 spiro atoms. The van der Waals surface area contributed by atoms with Crippen molar-refractivity contribution in [2.24, 2.45) is 4.99 Å². The third-order valence-electron chi connectivity index (χ3n) is 3.33. The first-order valence-corrected chi connectivity index (χ1v) is 8.27. The highest BCUT2D eigenvalue weighted by molar-refractivity contribution is 8.18. The summed E-state index contributed by atoms with van der Waals surface area (Å²) in [5.41, 5.74) is 1.25. The zero-order valence-electron chi connectivity index (χ0n) is 13.0. The normalized spacial score (nSPS) is 17.4. The highest BCUT2D eigenvalue weighted by atomic mass is 32.2. The van der Waals surface area contributed by atoms with Crippen LogP contribution < -0.4 is 10.4 Å². The van der Waals surface area contributed by atoms with E-state index in [1.54, 1.807) is 30.4 Å². The molecule has 3 rings (SSSR count). The number of allylic oxidation sites excluding steroid dienone is 2. The van der Waals surface area contributed by atoms with Gasteiger partial charge in [0.05, 0.1) is 16.6 Å². The van der Waals surface area contributed by atoms with Crippen LogP contribution >= 0.6 is 11.8 Å². The smallest absolute Gasteiger partial charge is 0.264 e. The Hall–Kier alpha value is -3.12. The van der Waals surface area contributed by atoms with E-state index in [1.165, 1.54) is 6.07 Å². The zero-order chi connectivity index (χ0) is 17.6. The molecule has 124 valence electrons. The molecule has 1 N–H and O–H groups in total. The lowest BCUT2D eigenvalue weighted by molar-refractivity contribution is -0.254. The number of carboxylic acids is 1. The molecule has 25 heavy (non-hydrogen) atoms. The van der Waals surface area contributed by atoms with E-state index in [9.17, 15) is 14.7 Å². The second-order valence-electron chi connectivity index (χ2n) is 5.08. The van der Waals surface area contributed by atoms with E-state index in [0.717, 1.165) is 17.3 Å². The van der Waals surface area contributed by atoms with E-state index in [1.807, 2.05) is 36.4 Å². The maximum atomic E-state index is 12.0. The summed E-state index contributed by atoms with van der Waals surface area (Å²) in [6.07, 6.45) is 5.37. The number of carboxylic acid groups (broad SMARTS) is 1. The minimum Gasteiger partial charge on any atom is -0.545 e. The van der Waals surface area contributed by atoms with Gasteiger partial charge in [-0.1, -0.05) is 60.7 Å². The number of hydrogen-bond donors (Lipinski definition) is 1. The molecule has 2 aromatic rings. The third kappa shape index (κ3) is 4.24. The van der Waals surface area contributed by atoms with Gasteiger partial charge in [-0.05, 0) is 29.5 Å². The number of amidine groups is 1. The first kappa shape index (κ1) is 16.7. The summed E-state index contributed by atoms with van der Waals surface area (Å²) >= 11 is 1.16. The molecule has 0 radical (unpaired) electrons. The van der Waals surface area contributed by atoms with Gasteiger partial charge in [0.25, 0.3) is 5.91 Å². The number of amides is 1. The Labute approximate surface area is 148 Å². The number of carbonyl (C=O) groups is 2.